The first-order valence-corrected chi connectivity index (χ1v) is 6.47. The van der Waals surface area contributed by atoms with Crippen molar-refractivity contribution in [3.8, 4) is 0 Å². The number of amides is 1. The highest BCUT2D eigenvalue weighted by Crippen LogP contribution is 2.16. The number of carbonyl (C=O) groups is 1. The quantitative estimate of drug-likeness (QED) is 0.681. The number of nitrogens with one attached hydrogen (secondary N) is 1. The Kier molecular flexibility index (Phi) is 5.36. The minimum absolute atomic E-state index is 0.187. The van der Waals surface area contributed by atoms with Crippen LogP contribution in [0.4, 0.5) is 0 Å². The number of hydrogen-bond acceptors (Lipinski definition) is 3. The van der Waals surface area contributed by atoms with E-state index in [0.29, 0.717) is 17.7 Å². The molecule has 1 heterocycles. The molecule has 0 spiro atoms. The van der Waals surface area contributed by atoms with Crippen LogP contribution in [0, 0.1) is 0 Å². The molecular formula is C14H19ClN2O2. The number of nitrogens with zero attached hydrogens (tertiary/aromatic N) is 1. The Morgan fingerprint density at radius 2 is 2.21 bits per heavy atom. The first-order valence-electron chi connectivity index (χ1n) is 6.09. The van der Waals surface area contributed by atoms with Crippen LogP contribution in [-0.2, 0) is 4.74 Å². The molecule has 0 aliphatic rings. The summed E-state index contributed by atoms with van der Waals surface area (Å²) in [5, 5.41) is 3.18. The summed E-state index contributed by atoms with van der Waals surface area (Å²) in [5.74, 6) is -0.187. The number of halogens is 1. The predicted octanol–water partition coefficient (Wildman–Crippen LogP) is 3.27. The van der Waals surface area contributed by atoms with Gasteiger partial charge in [0, 0.05) is 17.3 Å². The van der Waals surface area contributed by atoms with Crippen molar-refractivity contribution >= 4 is 23.6 Å². The van der Waals surface area contributed by atoms with Gasteiger partial charge in [0.25, 0.3) is 5.91 Å². The Labute approximate surface area is 118 Å². The van der Waals surface area contributed by atoms with Gasteiger partial charge >= 0.3 is 0 Å². The summed E-state index contributed by atoms with van der Waals surface area (Å²) >= 11 is 5.85. The number of rotatable bonds is 4. The van der Waals surface area contributed by atoms with E-state index in [-0.39, 0.29) is 16.6 Å². The maximum atomic E-state index is 12.2. The number of hydrogen-bond donors (Lipinski definition) is 1. The van der Waals surface area contributed by atoms with Gasteiger partial charge in [-0.05, 0) is 39.8 Å². The lowest BCUT2D eigenvalue weighted by Crippen LogP contribution is -2.40. The molecule has 1 aromatic heterocycles. The molecular weight excluding hydrogens is 264 g/mol. The van der Waals surface area contributed by atoms with Gasteiger partial charge in [-0.1, -0.05) is 11.6 Å². The molecule has 0 saturated carbocycles. The smallest absolute Gasteiger partial charge is 0.252 e. The fourth-order valence-corrected chi connectivity index (χ4v) is 1.55. The zero-order valence-corrected chi connectivity index (χ0v) is 12.4. The van der Waals surface area contributed by atoms with E-state index in [4.69, 9.17) is 16.3 Å². The molecule has 1 rings (SSSR count). The van der Waals surface area contributed by atoms with Crippen molar-refractivity contribution in [3.05, 3.63) is 34.8 Å². The molecule has 0 aliphatic carbocycles. The second-order valence-corrected chi connectivity index (χ2v) is 5.44. The van der Waals surface area contributed by atoms with E-state index >= 15 is 0 Å². The summed E-state index contributed by atoms with van der Waals surface area (Å²) in [7, 11) is 0. The number of carbonyl (C=O) groups excluding carboxylic acids is 1. The van der Waals surface area contributed by atoms with Crippen molar-refractivity contribution in [2.45, 2.75) is 33.2 Å². The molecule has 0 aliphatic heterocycles. The highest BCUT2D eigenvalue weighted by atomic mass is 35.5. The van der Waals surface area contributed by atoms with E-state index in [1.54, 1.807) is 24.6 Å². The molecule has 0 bridgehead atoms. The zero-order chi connectivity index (χ0) is 14.5. The molecule has 1 N–H and O–H groups in total. The molecule has 0 aromatic carbocycles. The lowest BCUT2D eigenvalue weighted by molar-refractivity contribution is 0.0919. The largest absolute Gasteiger partial charge is 0.501 e. The minimum atomic E-state index is -0.312. The van der Waals surface area contributed by atoms with Crippen LogP contribution in [0.15, 0.2) is 18.5 Å². The van der Waals surface area contributed by atoms with E-state index in [1.165, 1.54) is 0 Å². The van der Waals surface area contributed by atoms with E-state index in [1.807, 2.05) is 27.7 Å². The topological polar surface area (TPSA) is 51.2 Å². The summed E-state index contributed by atoms with van der Waals surface area (Å²) in [4.78, 5) is 16.2. The molecule has 0 fully saturated rings. The number of pyridine rings is 1. The van der Waals surface area contributed by atoms with Gasteiger partial charge < -0.3 is 10.1 Å². The summed E-state index contributed by atoms with van der Waals surface area (Å²) in [6, 6.07) is 1.55. The molecule has 0 atom stereocenters. The standard InChI is InChI=1S/C14H19ClN2O2/c1-5-19-7-6-10-9-16-12(15)8-11(10)13(18)17-14(2,3)4/h6-9H,5H2,1-4H3,(H,17,18). The van der Waals surface area contributed by atoms with Gasteiger partial charge in [0.1, 0.15) is 5.15 Å². The van der Waals surface area contributed by atoms with Crippen molar-refractivity contribution in [1.29, 1.82) is 0 Å². The fraction of sp³-hybridized carbons (Fsp3) is 0.429. The summed E-state index contributed by atoms with van der Waals surface area (Å²) in [6.45, 7) is 8.22. The van der Waals surface area contributed by atoms with Crippen molar-refractivity contribution < 1.29 is 9.53 Å². The normalized spacial score (nSPS) is 11.6. The molecule has 104 valence electrons. The average Bonchev–Trinajstić information content (AvgIpc) is 2.29. The lowest BCUT2D eigenvalue weighted by atomic mass is 10.1. The van der Waals surface area contributed by atoms with Crippen molar-refractivity contribution in [2.24, 2.45) is 0 Å². The average molecular weight is 283 g/mol. The molecule has 0 saturated heterocycles. The van der Waals surface area contributed by atoms with Gasteiger partial charge in [-0.25, -0.2) is 4.98 Å². The molecule has 19 heavy (non-hydrogen) atoms. The van der Waals surface area contributed by atoms with Crippen LogP contribution >= 0.6 is 11.6 Å². The minimum Gasteiger partial charge on any atom is -0.501 e. The molecule has 5 heteroatoms. The second kappa shape index (κ2) is 6.57. The van der Waals surface area contributed by atoms with E-state index in [2.05, 4.69) is 10.3 Å². The first-order chi connectivity index (χ1) is 8.83. The highest BCUT2D eigenvalue weighted by molar-refractivity contribution is 6.29. The van der Waals surface area contributed by atoms with Crippen LogP contribution in [0.25, 0.3) is 6.08 Å². The van der Waals surface area contributed by atoms with E-state index in [0.717, 1.165) is 0 Å². The molecule has 4 nitrogen and oxygen atoms in total. The van der Waals surface area contributed by atoms with Crippen molar-refractivity contribution in [1.82, 2.24) is 10.3 Å². The third-order valence-corrected chi connectivity index (χ3v) is 2.35. The van der Waals surface area contributed by atoms with E-state index in [9.17, 15) is 4.79 Å². The third kappa shape index (κ3) is 5.30. The van der Waals surface area contributed by atoms with Gasteiger partial charge in [-0.15, -0.1) is 0 Å². The Morgan fingerprint density at radius 1 is 1.53 bits per heavy atom. The van der Waals surface area contributed by atoms with Crippen LogP contribution in [0.2, 0.25) is 5.15 Å². The number of ether oxygens (including phenoxy) is 1. The fourth-order valence-electron chi connectivity index (χ4n) is 1.40. The van der Waals surface area contributed by atoms with Crippen LogP contribution in [-0.4, -0.2) is 23.0 Å². The van der Waals surface area contributed by atoms with Crippen molar-refractivity contribution in [3.63, 3.8) is 0 Å². The zero-order valence-electron chi connectivity index (χ0n) is 11.7. The monoisotopic (exact) mass is 282 g/mol. The summed E-state index contributed by atoms with van der Waals surface area (Å²) in [5.41, 5.74) is 0.832. The predicted molar refractivity (Wildman–Crippen MR) is 77.1 cm³/mol. The SMILES string of the molecule is CCOC=Cc1cnc(Cl)cc1C(=O)NC(C)(C)C. The highest BCUT2D eigenvalue weighted by Gasteiger charge is 2.17. The lowest BCUT2D eigenvalue weighted by Gasteiger charge is -2.21. The van der Waals surface area contributed by atoms with E-state index < -0.39 is 0 Å². The van der Waals surface area contributed by atoms with Crippen molar-refractivity contribution in [2.75, 3.05) is 6.61 Å². The number of aromatic nitrogens is 1. The van der Waals surface area contributed by atoms with Gasteiger partial charge in [0.15, 0.2) is 0 Å². The first kappa shape index (κ1) is 15.5. The van der Waals surface area contributed by atoms with Gasteiger partial charge in [0.05, 0.1) is 18.4 Å². The Bertz CT molecular complexity index is 479. The second-order valence-electron chi connectivity index (χ2n) is 5.06. The summed E-state index contributed by atoms with van der Waals surface area (Å²) < 4.78 is 5.13. The van der Waals surface area contributed by atoms with Gasteiger partial charge in [0.2, 0.25) is 0 Å². The third-order valence-electron chi connectivity index (χ3n) is 2.15. The Balaban J connectivity index is 3.03. The van der Waals surface area contributed by atoms with Crippen LogP contribution in [0.3, 0.4) is 0 Å². The maximum absolute atomic E-state index is 12.2. The molecule has 0 radical (unpaired) electrons. The van der Waals surface area contributed by atoms with Crippen LogP contribution in [0.1, 0.15) is 43.6 Å². The van der Waals surface area contributed by atoms with Gasteiger partial charge in [-0.3, -0.25) is 4.79 Å². The van der Waals surface area contributed by atoms with Crippen LogP contribution < -0.4 is 5.32 Å². The Morgan fingerprint density at radius 3 is 2.79 bits per heavy atom. The van der Waals surface area contributed by atoms with Crippen LogP contribution in [0.5, 0.6) is 0 Å². The molecule has 1 amide bonds. The van der Waals surface area contributed by atoms with Gasteiger partial charge in [-0.2, -0.15) is 0 Å². The maximum Gasteiger partial charge on any atom is 0.252 e. The molecule has 1 aromatic rings. The summed E-state index contributed by atoms with van der Waals surface area (Å²) in [6.07, 6.45) is 4.79. The Hall–Kier alpha value is -1.55. The molecule has 0 unspecified atom stereocenters.